The number of rotatable bonds is 1. The molecule has 1 saturated heterocycles. The number of hydrogen-bond donors (Lipinski definition) is 2. The predicted molar refractivity (Wildman–Crippen MR) is 42.4 cm³/mol. The number of hydrogen-bond acceptors (Lipinski definition) is 2. The first-order valence-corrected chi connectivity index (χ1v) is 4.29. The highest BCUT2D eigenvalue weighted by Gasteiger charge is 2.60. The van der Waals surface area contributed by atoms with E-state index in [0.29, 0.717) is 13.0 Å². The molecule has 1 atom stereocenters. The Bertz CT molecular complexity index is 271. The maximum absolute atomic E-state index is 10.9. The molecular formula is C8H11NO4. The van der Waals surface area contributed by atoms with Crippen LogP contribution >= 0.6 is 0 Å². The van der Waals surface area contributed by atoms with Crippen molar-refractivity contribution in [3.63, 3.8) is 0 Å². The van der Waals surface area contributed by atoms with Crippen LogP contribution in [0.3, 0.4) is 0 Å². The second kappa shape index (κ2) is 2.37. The standard InChI is InChI=1S/C8H11NO4/c10-6(11)5-8(1-2-8)3-4-9(5)7(12)13/h5H,1-4H2,(H,10,11)(H,12,13)/t5-/m1/s1. The average Bonchev–Trinajstić information content (AvgIpc) is 2.61. The summed E-state index contributed by atoms with van der Waals surface area (Å²) in [6.45, 7) is 0.367. The first-order valence-electron chi connectivity index (χ1n) is 4.29. The molecule has 72 valence electrons. The Morgan fingerprint density at radius 1 is 1.23 bits per heavy atom. The summed E-state index contributed by atoms with van der Waals surface area (Å²) >= 11 is 0. The van der Waals surface area contributed by atoms with E-state index in [4.69, 9.17) is 10.2 Å². The molecule has 2 fully saturated rings. The van der Waals surface area contributed by atoms with Crippen LogP contribution in [-0.2, 0) is 4.79 Å². The lowest BCUT2D eigenvalue weighted by Gasteiger charge is -2.21. The van der Waals surface area contributed by atoms with Crippen LogP contribution in [0.1, 0.15) is 19.3 Å². The zero-order valence-electron chi connectivity index (χ0n) is 7.06. The highest BCUT2D eigenvalue weighted by atomic mass is 16.4. The normalized spacial score (nSPS) is 29.2. The van der Waals surface area contributed by atoms with Gasteiger partial charge in [0.1, 0.15) is 6.04 Å². The molecule has 1 aliphatic heterocycles. The van der Waals surface area contributed by atoms with Crippen LogP contribution in [-0.4, -0.2) is 39.8 Å². The van der Waals surface area contributed by atoms with E-state index in [-0.39, 0.29) is 5.41 Å². The minimum atomic E-state index is -1.11. The van der Waals surface area contributed by atoms with Gasteiger partial charge in [-0.2, -0.15) is 0 Å². The number of carbonyl (C=O) groups is 2. The van der Waals surface area contributed by atoms with Crippen molar-refractivity contribution in [3.8, 4) is 0 Å². The van der Waals surface area contributed by atoms with E-state index in [1.54, 1.807) is 0 Å². The predicted octanol–water partition coefficient (Wildman–Crippen LogP) is 0.603. The lowest BCUT2D eigenvalue weighted by atomic mass is 9.97. The second-order valence-electron chi connectivity index (χ2n) is 3.83. The largest absolute Gasteiger partial charge is 0.480 e. The number of likely N-dealkylation sites (tertiary alicyclic amines) is 1. The second-order valence-corrected chi connectivity index (χ2v) is 3.83. The van der Waals surface area contributed by atoms with Gasteiger partial charge in [-0.1, -0.05) is 0 Å². The summed E-state index contributed by atoms with van der Waals surface area (Å²) in [5.74, 6) is -1.00. The maximum Gasteiger partial charge on any atom is 0.408 e. The zero-order chi connectivity index (χ0) is 9.64. The minimum absolute atomic E-state index is 0.218. The fraction of sp³-hybridized carbons (Fsp3) is 0.750. The summed E-state index contributed by atoms with van der Waals surface area (Å²) in [5, 5.41) is 17.7. The molecule has 5 heteroatoms. The van der Waals surface area contributed by atoms with Crippen LogP contribution < -0.4 is 0 Å². The summed E-state index contributed by atoms with van der Waals surface area (Å²) in [4.78, 5) is 22.6. The van der Waals surface area contributed by atoms with E-state index in [0.717, 1.165) is 17.7 Å². The first kappa shape index (κ1) is 8.34. The number of aliphatic carboxylic acids is 1. The zero-order valence-corrected chi connectivity index (χ0v) is 7.06. The smallest absolute Gasteiger partial charge is 0.408 e. The molecule has 2 N–H and O–H groups in total. The Balaban J connectivity index is 2.23. The van der Waals surface area contributed by atoms with Gasteiger partial charge in [0.25, 0.3) is 0 Å². The molecule has 0 aromatic rings. The molecule has 1 spiro atoms. The number of nitrogens with zero attached hydrogens (tertiary/aromatic N) is 1. The molecule has 5 nitrogen and oxygen atoms in total. The molecule has 0 bridgehead atoms. The summed E-state index contributed by atoms with van der Waals surface area (Å²) in [6.07, 6.45) is 1.30. The van der Waals surface area contributed by atoms with Gasteiger partial charge >= 0.3 is 12.1 Å². The fourth-order valence-electron chi connectivity index (χ4n) is 2.22. The van der Waals surface area contributed by atoms with Gasteiger partial charge in [-0.05, 0) is 19.3 Å². The van der Waals surface area contributed by atoms with Gasteiger partial charge < -0.3 is 10.2 Å². The van der Waals surface area contributed by atoms with Gasteiger partial charge in [0.05, 0.1) is 0 Å². The van der Waals surface area contributed by atoms with E-state index in [2.05, 4.69) is 0 Å². The summed E-state index contributed by atoms with van der Waals surface area (Å²) < 4.78 is 0. The minimum Gasteiger partial charge on any atom is -0.480 e. The quantitative estimate of drug-likeness (QED) is 0.627. The van der Waals surface area contributed by atoms with Crippen LogP contribution in [0.25, 0.3) is 0 Å². The Kier molecular flexibility index (Phi) is 1.52. The Hall–Kier alpha value is -1.26. The third kappa shape index (κ3) is 1.07. The molecule has 0 aromatic carbocycles. The van der Waals surface area contributed by atoms with Crippen molar-refractivity contribution in [1.29, 1.82) is 0 Å². The maximum atomic E-state index is 10.9. The molecule has 1 amide bonds. The van der Waals surface area contributed by atoms with Crippen molar-refractivity contribution < 1.29 is 19.8 Å². The Morgan fingerprint density at radius 3 is 2.23 bits per heavy atom. The van der Waals surface area contributed by atoms with Gasteiger partial charge in [-0.3, -0.25) is 4.90 Å². The van der Waals surface area contributed by atoms with Crippen molar-refractivity contribution in [3.05, 3.63) is 0 Å². The van der Waals surface area contributed by atoms with Crippen molar-refractivity contribution in [2.45, 2.75) is 25.3 Å². The topological polar surface area (TPSA) is 77.8 Å². The molecule has 13 heavy (non-hydrogen) atoms. The molecule has 0 radical (unpaired) electrons. The van der Waals surface area contributed by atoms with E-state index in [9.17, 15) is 9.59 Å². The molecule has 1 saturated carbocycles. The van der Waals surface area contributed by atoms with Gasteiger partial charge in [0, 0.05) is 12.0 Å². The summed E-state index contributed by atoms with van der Waals surface area (Å²) in [6, 6.07) is -0.801. The Morgan fingerprint density at radius 2 is 1.85 bits per heavy atom. The van der Waals surface area contributed by atoms with Gasteiger partial charge in [0.15, 0.2) is 0 Å². The molecule has 0 aromatic heterocycles. The highest BCUT2D eigenvalue weighted by molar-refractivity contribution is 5.81. The van der Waals surface area contributed by atoms with Gasteiger partial charge in [-0.15, -0.1) is 0 Å². The molecule has 2 aliphatic rings. The Labute approximate surface area is 75.0 Å². The summed E-state index contributed by atoms with van der Waals surface area (Å²) in [5.41, 5.74) is -0.218. The SMILES string of the molecule is O=C(O)[C@H]1N(C(=O)O)CCC12CC2. The third-order valence-corrected chi connectivity index (χ3v) is 3.11. The lowest BCUT2D eigenvalue weighted by Crippen LogP contribution is -2.43. The average molecular weight is 185 g/mol. The molecule has 1 heterocycles. The highest BCUT2D eigenvalue weighted by Crippen LogP contribution is 2.56. The van der Waals surface area contributed by atoms with Gasteiger partial charge in [-0.25, -0.2) is 9.59 Å². The lowest BCUT2D eigenvalue weighted by molar-refractivity contribution is -0.143. The van der Waals surface area contributed by atoms with E-state index >= 15 is 0 Å². The molecule has 2 rings (SSSR count). The van der Waals surface area contributed by atoms with Crippen molar-refractivity contribution in [2.75, 3.05) is 6.54 Å². The van der Waals surface area contributed by atoms with E-state index in [1.165, 1.54) is 0 Å². The van der Waals surface area contributed by atoms with E-state index < -0.39 is 18.1 Å². The number of carboxylic acid groups (broad SMARTS) is 2. The van der Waals surface area contributed by atoms with Crippen LogP contribution in [0.5, 0.6) is 0 Å². The van der Waals surface area contributed by atoms with Crippen LogP contribution in [0.2, 0.25) is 0 Å². The fourth-order valence-corrected chi connectivity index (χ4v) is 2.22. The molecule has 0 unspecified atom stereocenters. The van der Waals surface area contributed by atoms with E-state index in [1.807, 2.05) is 0 Å². The van der Waals surface area contributed by atoms with Gasteiger partial charge in [0.2, 0.25) is 0 Å². The van der Waals surface area contributed by atoms with Crippen molar-refractivity contribution >= 4 is 12.1 Å². The number of amides is 1. The first-order chi connectivity index (χ1) is 6.07. The van der Waals surface area contributed by atoms with Crippen LogP contribution in [0, 0.1) is 5.41 Å². The monoisotopic (exact) mass is 185 g/mol. The summed E-state index contributed by atoms with van der Waals surface area (Å²) in [7, 11) is 0. The number of carboxylic acids is 1. The van der Waals surface area contributed by atoms with Crippen molar-refractivity contribution in [2.24, 2.45) is 5.41 Å². The molecular weight excluding hydrogens is 174 g/mol. The van der Waals surface area contributed by atoms with Crippen LogP contribution in [0.4, 0.5) is 4.79 Å². The molecule has 1 aliphatic carbocycles. The van der Waals surface area contributed by atoms with Crippen LogP contribution in [0.15, 0.2) is 0 Å². The third-order valence-electron chi connectivity index (χ3n) is 3.11. The van der Waals surface area contributed by atoms with Crippen molar-refractivity contribution in [1.82, 2.24) is 4.90 Å².